The Labute approximate surface area is 132 Å². The zero-order valence-corrected chi connectivity index (χ0v) is 13.4. The van der Waals surface area contributed by atoms with Crippen LogP contribution in [0.25, 0.3) is 0 Å². The van der Waals surface area contributed by atoms with E-state index in [2.05, 4.69) is 45.3 Å². The van der Waals surface area contributed by atoms with Crippen molar-refractivity contribution >= 4 is 15.9 Å². The number of nitrogens with one attached hydrogen (secondary N) is 1. The van der Waals surface area contributed by atoms with Crippen LogP contribution in [0, 0.1) is 0 Å². The van der Waals surface area contributed by atoms with Gasteiger partial charge < -0.3 is 14.8 Å². The lowest BCUT2D eigenvalue weighted by molar-refractivity contribution is 0.170. The fraction of sp³-hybridized carbons (Fsp3) is 0.312. The van der Waals surface area contributed by atoms with Gasteiger partial charge in [0.1, 0.15) is 13.2 Å². The van der Waals surface area contributed by atoms with Gasteiger partial charge in [0.25, 0.3) is 0 Å². The fourth-order valence-corrected chi connectivity index (χ4v) is 2.89. The molecule has 0 amide bonds. The number of aromatic nitrogens is 1. The number of pyridine rings is 1. The van der Waals surface area contributed by atoms with Gasteiger partial charge in [-0.2, -0.15) is 0 Å². The van der Waals surface area contributed by atoms with Gasteiger partial charge in [-0.15, -0.1) is 0 Å². The standard InChI is InChI=1S/C16H17BrN2O2/c1-11(13-3-2-4-18-10-13)19-9-12-7-14(17)16-15(8-12)20-5-6-21-16/h2-4,7-8,10-11,19H,5-6,9H2,1H3/t11-/m1/s1. The van der Waals surface area contributed by atoms with Gasteiger partial charge in [-0.05, 0) is 52.2 Å². The zero-order chi connectivity index (χ0) is 14.7. The summed E-state index contributed by atoms with van der Waals surface area (Å²) in [5.74, 6) is 1.60. The van der Waals surface area contributed by atoms with Crippen LogP contribution >= 0.6 is 15.9 Å². The van der Waals surface area contributed by atoms with Gasteiger partial charge in [-0.25, -0.2) is 0 Å². The van der Waals surface area contributed by atoms with Crippen molar-refractivity contribution in [3.63, 3.8) is 0 Å². The molecule has 2 aromatic rings. The number of benzene rings is 1. The van der Waals surface area contributed by atoms with Gasteiger partial charge in [0, 0.05) is 25.0 Å². The monoisotopic (exact) mass is 348 g/mol. The SMILES string of the molecule is C[C@@H](NCc1cc(Br)c2c(c1)OCCO2)c1cccnc1. The Kier molecular flexibility index (Phi) is 4.41. The molecule has 5 heteroatoms. The molecule has 0 fully saturated rings. The number of hydrogen-bond donors (Lipinski definition) is 1. The summed E-state index contributed by atoms with van der Waals surface area (Å²) in [5.41, 5.74) is 2.33. The fourth-order valence-electron chi connectivity index (χ4n) is 2.29. The molecule has 1 aliphatic rings. The third kappa shape index (κ3) is 3.36. The molecule has 1 aromatic carbocycles. The third-order valence-corrected chi connectivity index (χ3v) is 4.04. The molecule has 1 aliphatic heterocycles. The molecule has 3 rings (SSSR count). The molecule has 2 heterocycles. The number of ether oxygens (including phenoxy) is 2. The summed E-state index contributed by atoms with van der Waals surface area (Å²) in [5, 5.41) is 3.49. The Bertz CT molecular complexity index is 619. The first-order valence-corrected chi connectivity index (χ1v) is 7.74. The van der Waals surface area contributed by atoms with Crippen LogP contribution in [-0.2, 0) is 6.54 Å². The first kappa shape index (κ1) is 14.4. The van der Waals surface area contributed by atoms with Gasteiger partial charge in [-0.1, -0.05) is 6.07 Å². The Morgan fingerprint density at radius 1 is 1.33 bits per heavy atom. The second kappa shape index (κ2) is 6.45. The van der Waals surface area contributed by atoms with E-state index >= 15 is 0 Å². The summed E-state index contributed by atoms with van der Waals surface area (Å²) >= 11 is 3.54. The largest absolute Gasteiger partial charge is 0.486 e. The van der Waals surface area contributed by atoms with E-state index in [4.69, 9.17) is 9.47 Å². The predicted octanol–water partition coefficient (Wildman–Crippen LogP) is 3.47. The average molecular weight is 349 g/mol. The topological polar surface area (TPSA) is 43.4 Å². The van der Waals surface area contributed by atoms with Crippen molar-refractivity contribution in [2.45, 2.75) is 19.5 Å². The molecular weight excluding hydrogens is 332 g/mol. The van der Waals surface area contributed by atoms with Crippen molar-refractivity contribution in [3.05, 3.63) is 52.3 Å². The van der Waals surface area contributed by atoms with Gasteiger partial charge in [-0.3, -0.25) is 4.98 Å². The van der Waals surface area contributed by atoms with Crippen LogP contribution in [0.5, 0.6) is 11.5 Å². The normalized spacial score (nSPS) is 14.8. The maximum Gasteiger partial charge on any atom is 0.175 e. The zero-order valence-electron chi connectivity index (χ0n) is 11.8. The molecule has 1 N–H and O–H groups in total. The quantitative estimate of drug-likeness (QED) is 0.918. The highest BCUT2D eigenvalue weighted by Crippen LogP contribution is 2.38. The van der Waals surface area contributed by atoms with E-state index in [0.717, 1.165) is 28.1 Å². The molecular formula is C16H17BrN2O2. The van der Waals surface area contributed by atoms with Crippen LogP contribution in [-0.4, -0.2) is 18.2 Å². The minimum absolute atomic E-state index is 0.241. The van der Waals surface area contributed by atoms with Crippen LogP contribution in [0.3, 0.4) is 0 Å². The van der Waals surface area contributed by atoms with E-state index in [0.29, 0.717) is 13.2 Å². The van der Waals surface area contributed by atoms with Crippen molar-refractivity contribution in [3.8, 4) is 11.5 Å². The van der Waals surface area contributed by atoms with Gasteiger partial charge in [0.05, 0.1) is 4.47 Å². The first-order valence-electron chi connectivity index (χ1n) is 6.95. The van der Waals surface area contributed by atoms with Crippen molar-refractivity contribution in [2.24, 2.45) is 0 Å². The van der Waals surface area contributed by atoms with Crippen LogP contribution in [0.4, 0.5) is 0 Å². The van der Waals surface area contributed by atoms with Crippen LogP contribution < -0.4 is 14.8 Å². The number of rotatable bonds is 4. The molecule has 0 saturated heterocycles. The third-order valence-electron chi connectivity index (χ3n) is 3.45. The van der Waals surface area contributed by atoms with Crippen molar-refractivity contribution < 1.29 is 9.47 Å². The van der Waals surface area contributed by atoms with E-state index < -0.39 is 0 Å². The molecule has 1 aromatic heterocycles. The van der Waals surface area contributed by atoms with Gasteiger partial charge in [0.15, 0.2) is 11.5 Å². The average Bonchev–Trinajstić information content (AvgIpc) is 2.53. The molecule has 0 aliphatic carbocycles. The van der Waals surface area contributed by atoms with E-state index in [-0.39, 0.29) is 6.04 Å². The smallest absolute Gasteiger partial charge is 0.175 e. The molecule has 1 atom stereocenters. The summed E-state index contributed by atoms with van der Waals surface area (Å²) in [7, 11) is 0. The molecule has 0 spiro atoms. The number of fused-ring (bicyclic) bond motifs is 1. The Balaban J connectivity index is 1.69. The highest BCUT2D eigenvalue weighted by Gasteiger charge is 2.16. The second-order valence-corrected chi connectivity index (χ2v) is 5.85. The van der Waals surface area contributed by atoms with Crippen LogP contribution in [0.15, 0.2) is 41.1 Å². The number of halogens is 1. The number of hydrogen-bond acceptors (Lipinski definition) is 4. The molecule has 0 bridgehead atoms. The van der Waals surface area contributed by atoms with E-state index in [1.54, 1.807) is 6.20 Å². The maximum absolute atomic E-state index is 5.64. The molecule has 0 unspecified atom stereocenters. The highest BCUT2D eigenvalue weighted by molar-refractivity contribution is 9.10. The van der Waals surface area contributed by atoms with Crippen LogP contribution in [0.1, 0.15) is 24.1 Å². The summed E-state index contributed by atoms with van der Waals surface area (Å²) in [6, 6.07) is 8.36. The minimum Gasteiger partial charge on any atom is -0.486 e. The van der Waals surface area contributed by atoms with Crippen molar-refractivity contribution in [1.82, 2.24) is 10.3 Å². The summed E-state index contributed by atoms with van der Waals surface area (Å²) in [6.45, 7) is 4.08. The first-order chi connectivity index (χ1) is 10.2. The predicted molar refractivity (Wildman–Crippen MR) is 84.6 cm³/mol. The Morgan fingerprint density at radius 2 is 2.19 bits per heavy atom. The van der Waals surface area contributed by atoms with Crippen LogP contribution in [0.2, 0.25) is 0 Å². The number of nitrogens with zero attached hydrogens (tertiary/aromatic N) is 1. The summed E-state index contributed by atoms with van der Waals surface area (Å²) in [4.78, 5) is 4.15. The van der Waals surface area contributed by atoms with Crippen molar-refractivity contribution in [1.29, 1.82) is 0 Å². The lowest BCUT2D eigenvalue weighted by Crippen LogP contribution is -2.19. The van der Waals surface area contributed by atoms with Gasteiger partial charge in [0.2, 0.25) is 0 Å². The summed E-state index contributed by atoms with van der Waals surface area (Å²) in [6.07, 6.45) is 3.67. The minimum atomic E-state index is 0.241. The highest BCUT2D eigenvalue weighted by atomic mass is 79.9. The molecule has 110 valence electrons. The van der Waals surface area contributed by atoms with Gasteiger partial charge >= 0.3 is 0 Å². The Hall–Kier alpha value is -1.59. The maximum atomic E-state index is 5.64. The summed E-state index contributed by atoms with van der Waals surface area (Å²) < 4.78 is 12.2. The lowest BCUT2D eigenvalue weighted by Gasteiger charge is -2.21. The Morgan fingerprint density at radius 3 is 3.00 bits per heavy atom. The molecule has 4 nitrogen and oxygen atoms in total. The van der Waals surface area contributed by atoms with E-state index in [9.17, 15) is 0 Å². The lowest BCUT2D eigenvalue weighted by atomic mass is 10.1. The molecule has 0 radical (unpaired) electrons. The second-order valence-electron chi connectivity index (χ2n) is 4.99. The molecule has 21 heavy (non-hydrogen) atoms. The van der Waals surface area contributed by atoms with Crippen molar-refractivity contribution in [2.75, 3.05) is 13.2 Å². The molecule has 0 saturated carbocycles. The van der Waals surface area contributed by atoms with E-state index in [1.165, 1.54) is 5.56 Å². The van der Waals surface area contributed by atoms with E-state index in [1.807, 2.05) is 18.3 Å².